The first-order valence-corrected chi connectivity index (χ1v) is 12.6. The van der Waals surface area contributed by atoms with Crippen molar-refractivity contribution in [2.45, 2.75) is 52.4 Å². The summed E-state index contributed by atoms with van der Waals surface area (Å²) in [6.07, 6.45) is 2.99. The maximum atomic E-state index is 12.2. The van der Waals surface area contributed by atoms with Gasteiger partial charge in [-0.3, -0.25) is 14.4 Å². The molecule has 204 valence electrons. The highest BCUT2D eigenvalue weighted by molar-refractivity contribution is 5.96. The van der Waals surface area contributed by atoms with Crippen molar-refractivity contribution in [1.82, 2.24) is 0 Å². The summed E-state index contributed by atoms with van der Waals surface area (Å²) in [4.78, 5) is 60.2. The van der Waals surface area contributed by atoms with Gasteiger partial charge in [0.1, 0.15) is 0 Å². The fourth-order valence-electron chi connectivity index (χ4n) is 3.05. The first-order chi connectivity index (χ1) is 18.3. The van der Waals surface area contributed by atoms with E-state index in [0.29, 0.717) is 35.7 Å². The highest BCUT2D eigenvalue weighted by Crippen LogP contribution is 2.13. The molecule has 0 heterocycles. The van der Waals surface area contributed by atoms with Crippen molar-refractivity contribution in [2.24, 2.45) is 0 Å². The molecule has 0 saturated carbocycles. The Balaban J connectivity index is 1.70. The van der Waals surface area contributed by atoms with Gasteiger partial charge in [0.05, 0.1) is 30.8 Å². The Bertz CT molecular complexity index is 1100. The number of benzene rings is 2. The van der Waals surface area contributed by atoms with Gasteiger partial charge in [-0.2, -0.15) is 0 Å². The van der Waals surface area contributed by atoms with Crippen molar-refractivity contribution in [1.29, 1.82) is 0 Å². The van der Waals surface area contributed by atoms with E-state index in [1.54, 1.807) is 30.3 Å². The fourth-order valence-corrected chi connectivity index (χ4v) is 3.05. The monoisotopic (exact) mass is 526 g/mol. The quantitative estimate of drug-likeness (QED) is 0.197. The molecular formula is C28H34N2O8. The standard InChI is InChI=1S/C28H34N2O8/c1-3-5-16-36-27(34)20-10-12-22(13-11-20)29-25(32)19-38-26(33)15-14-24(31)30-23-9-7-8-21(18-23)28(35)37-17-6-4-2/h7-13,18H,3-6,14-17,19H2,1-2H3,(H,29,32)(H,30,31). The zero-order chi connectivity index (χ0) is 27.8. The third-order valence-corrected chi connectivity index (χ3v) is 5.17. The average molecular weight is 527 g/mol. The van der Waals surface area contributed by atoms with Crippen molar-refractivity contribution < 1.29 is 38.2 Å². The molecule has 2 rings (SSSR count). The molecule has 0 radical (unpaired) electrons. The number of carbonyl (C=O) groups excluding carboxylic acids is 5. The van der Waals surface area contributed by atoms with Crippen LogP contribution >= 0.6 is 0 Å². The normalized spacial score (nSPS) is 10.3. The van der Waals surface area contributed by atoms with Gasteiger partial charge < -0.3 is 24.8 Å². The number of amides is 2. The molecule has 2 aromatic rings. The minimum absolute atomic E-state index is 0.165. The Morgan fingerprint density at radius 2 is 1.26 bits per heavy atom. The van der Waals surface area contributed by atoms with Crippen LogP contribution in [0.15, 0.2) is 48.5 Å². The van der Waals surface area contributed by atoms with Gasteiger partial charge in [-0.25, -0.2) is 9.59 Å². The van der Waals surface area contributed by atoms with E-state index in [4.69, 9.17) is 14.2 Å². The van der Waals surface area contributed by atoms with Crippen molar-refractivity contribution >= 4 is 41.1 Å². The topological polar surface area (TPSA) is 137 Å². The van der Waals surface area contributed by atoms with Crippen LogP contribution in [0.2, 0.25) is 0 Å². The number of hydrogen-bond donors (Lipinski definition) is 2. The molecule has 10 nitrogen and oxygen atoms in total. The lowest BCUT2D eigenvalue weighted by atomic mass is 10.2. The molecule has 2 N–H and O–H groups in total. The number of anilines is 2. The van der Waals surface area contributed by atoms with Crippen LogP contribution in [0.3, 0.4) is 0 Å². The smallest absolute Gasteiger partial charge is 0.338 e. The minimum Gasteiger partial charge on any atom is -0.462 e. The van der Waals surface area contributed by atoms with Crippen LogP contribution < -0.4 is 10.6 Å². The van der Waals surface area contributed by atoms with E-state index in [1.807, 2.05) is 13.8 Å². The van der Waals surface area contributed by atoms with Crippen LogP contribution in [-0.4, -0.2) is 49.5 Å². The highest BCUT2D eigenvalue weighted by Gasteiger charge is 2.13. The summed E-state index contributed by atoms with van der Waals surface area (Å²) in [6.45, 7) is 4.14. The average Bonchev–Trinajstić information content (AvgIpc) is 2.91. The highest BCUT2D eigenvalue weighted by atomic mass is 16.5. The Hall–Kier alpha value is -4.21. The predicted octanol–water partition coefficient (Wildman–Crippen LogP) is 4.50. The molecule has 0 spiro atoms. The Morgan fingerprint density at radius 3 is 1.89 bits per heavy atom. The second kappa shape index (κ2) is 16.5. The van der Waals surface area contributed by atoms with Gasteiger partial charge in [-0.15, -0.1) is 0 Å². The van der Waals surface area contributed by atoms with Crippen molar-refractivity contribution in [3.63, 3.8) is 0 Å². The lowest BCUT2D eigenvalue weighted by Crippen LogP contribution is -2.22. The molecule has 0 aliphatic carbocycles. The van der Waals surface area contributed by atoms with Gasteiger partial charge in [0, 0.05) is 17.8 Å². The third kappa shape index (κ3) is 11.2. The zero-order valence-corrected chi connectivity index (χ0v) is 21.7. The fraction of sp³-hybridized carbons (Fsp3) is 0.393. The zero-order valence-electron chi connectivity index (χ0n) is 21.7. The molecule has 0 aliphatic heterocycles. The molecule has 10 heteroatoms. The summed E-state index contributed by atoms with van der Waals surface area (Å²) in [5.41, 5.74) is 1.49. The van der Waals surface area contributed by atoms with Crippen LogP contribution in [0, 0.1) is 0 Å². The van der Waals surface area contributed by atoms with Gasteiger partial charge in [0.2, 0.25) is 5.91 Å². The number of unbranched alkanes of at least 4 members (excludes halogenated alkanes) is 2. The van der Waals surface area contributed by atoms with Crippen molar-refractivity contribution in [2.75, 3.05) is 30.5 Å². The minimum atomic E-state index is -0.714. The van der Waals surface area contributed by atoms with E-state index in [2.05, 4.69) is 10.6 Å². The number of nitrogens with one attached hydrogen (secondary N) is 2. The molecule has 0 fully saturated rings. The summed E-state index contributed by atoms with van der Waals surface area (Å²) < 4.78 is 15.2. The number of carbonyl (C=O) groups is 5. The first kappa shape index (κ1) is 30.0. The van der Waals surface area contributed by atoms with E-state index in [9.17, 15) is 24.0 Å². The number of ether oxygens (including phenoxy) is 3. The molecule has 0 aliphatic rings. The van der Waals surface area contributed by atoms with Gasteiger partial charge in [-0.05, 0) is 55.3 Å². The molecule has 0 bridgehead atoms. The summed E-state index contributed by atoms with van der Waals surface area (Å²) in [5.74, 6) is -2.64. The molecule has 0 atom stereocenters. The Kier molecular flexibility index (Phi) is 13.0. The largest absolute Gasteiger partial charge is 0.462 e. The summed E-state index contributed by atoms with van der Waals surface area (Å²) >= 11 is 0. The number of esters is 3. The lowest BCUT2D eigenvalue weighted by Gasteiger charge is -2.09. The molecular weight excluding hydrogens is 492 g/mol. The van der Waals surface area contributed by atoms with Crippen molar-refractivity contribution in [3.8, 4) is 0 Å². The van der Waals surface area contributed by atoms with Gasteiger partial charge in [-0.1, -0.05) is 32.8 Å². The predicted molar refractivity (Wildman–Crippen MR) is 141 cm³/mol. The van der Waals surface area contributed by atoms with E-state index >= 15 is 0 Å². The van der Waals surface area contributed by atoms with E-state index in [1.165, 1.54) is 18.2 Å². The molecule has 2 aromatic carbocycles. The second-order valence-electron chi connectivity index (χ2n) is 8.39. The van der Waals surface area contributed by atoms with Crippen LogP contribution in [0.1, 0.15) is 73.1 Å². The lowest BCUT2D eigenvalue weighted by molar-refractivity contribution is -0.147. The third-order valence-electron chi connectivity index (χ3n) is 5.17. The SMILES string of the molecule is CCCCOC(=O)c1ccc(NC(=O)COC(=O)CCC(=O)Nc2cccc(C(=O)OCCCC)c2)cc1. The van der Waals surface area contributed by atoms with Gasteiger partial charge in [0.15, 0.2) is 6.61 Å². The molecule has 0 aromatic heterocycles. The van der Waals surface area contributed by atoms with Crippen molar-refractivity contribution in [3.05, 3.63) is 59.7 Å². The van der Waals surface area contributed by atoms with Gasteiger partial charge >= 0.3 is 17.9 Å². The molecule has 2 amide bonds. The summed E-state index contributed by atoms with van der Waals surface area (Å²) in [5, 5.41) is 5.18. The second-order valence-corrected chi connectivity index (χ2v) is 8.39. The number of hydrogen-bond acceptors (Lipinski definition) is 8. The van der Waals surface area contributed by atoms with E-state index < -0.39 is 36.3 Å². The Labute approximate surface area is 222 Å². The maximum Gasteiger partial charge on any atom is 0.338 e. The molecule has 0 saturated heterocycles. The number of rotatable bonds is 15. The van der Waals surface area contributed by atoms with Crippen LogP contribution in [0.5, 0.6) is 0 Å². The van der Waals surface area contributed by atoms with Crippen LogP contribution in [0.25, 0.3) is 0 Å². The molecule has 38 heavy (non-hydrogen) atoms. The van der Waals surface area contributed by atoms with E-state index in [0.717, 1.165) is 25.7 Å². The summed E-state index contributed by atoms with van der Waals surface area (Å²) in [6, 6.07) is 12.5. The Morgan fingerprint density at radius 1 is 0.658 bits per heavy atom. The molecule has 0 unspecified atom stereocenters. The summed E-state index contributed by atoms with van der Waals surface area (Å²) in [7, 11) is 0. The van der Waals surface area contributed by atoms with E-state index in [-0.39, 0.29) is 12.8 Å². The van der Waals surface area contributed by atoms with Crippen LogP contribution in [-0.2, 0) is 28.6 Å². The van der Waals surface area contributed by atoms with Gasteiger partial charge in [0.25, 0.3) is 5.91 Å². The first-order valence-electron chi connectivity index (χ1n) is 12.6. The van der Waals surface area contributed by atoms with Crippen LogP contribution in [0.4, 0.5) is 11.4 Å². The maximum absolute atomic E-state index is 12.2.